The van der Waals surface area contributed by atoms with E-state index in [-0.39, 0.29) is 10.1 Å². The van der Waals surface area contributed by atoms with E-state index in [1.807, 2.05) is 20.8 Å². The Kier molecular flexibility index (Phi) is 4.80. The second kappa shape index (κ2) is 5.33. The fourth-order valence-electron chi connectivity index (χ4n) is 1.52. The Labute approximate surface area is 106 Å². The van der Waals surface area contributed by atoms with Crippen molar-refractivity contribution in [2.24, 2.45) is 0 Å². The minimum absolute atomic E-state index is 0.0783. The molecule has 0 bridgehead atoms. The summed E-state index contributed by atoms with van der Waals surface area (Å²) in [7, 11) is -3.25. The summed E-state index contributed by atoms with van der Waals surface area (Å²) in [6.45, 7) is 6.77. The molecule has 1 aliphatic rings. The highest BCUT2D eigenvalue weighted by molar-refractivity contribution is 9.09. The molecular weight excluding hydrogens is 294 g/mol. The Morgan fingerprint density at radius 3 is 2.31 bits per heavy atom. The molecule has 1 unspecified atom stereocenters. The lowest BCUT2D eigenvalue weighted by Crippen LogP contribution is -2.52. The Morgan fingerprint density at radius 2 is 1.88 bits per heavy atom. The van der Waals surface area contributed by atoms with Crippen LogP contribution < -0.4 is 4.72 Å². The fourth-order valence-corrected chi connectivity index (χ4v) is 3.67. The molecule has 0 aromatic heterocycles. The molecule has 1 rings (SSSR count). The summed E-state index contributed by atoms with van der Waals surface area (Å²) >= 11 is 3.42. The third-order valence-corrected chi connectivity index (χ3v) is 6.31. The van der Waals surface area contributed by atoms with Gasteiger partial charge in [-0.3, -0.25) is 0 Å². The van der Waals surface area contributed by atoms with Crippen LogP contribution in [0.25, 0.3) is 0 Å². The van der Waals surface area contributed by atoms with Gasteiger partial charge in [0.1, 0.15) is 0 Å². The average molecular weight is 314 g/mol. The van der Waals surface area contributed by atoms with Crippen LogP contribution in [0, 0.1) is 0 Å². The Hall–Kier alpha value is 0.350. The average Bonchev–Trinajstić information content (AvgIpc) is 2.17. The summed E-state index contributed by atoms with van der Waals surface area (Å²) in [5.74, 6) is 0. The summed E-state index contributed by atoms with van der Waals surface area (Å²) in [4.78, 5) is 0.0783. The van der Waals surface area contributed by atoms with Crippen molar-refractivity contribution in [2.75, 3.05) is 13.2 Å². The molecule has 1 N–H and O–H groups in total. The number of sulfonamides is 1. The SMILES string of the molecule is CC(Br)C(C)(C)NS(=O)(=O)C1CCOCC1. The smallest absolute Gasteiger partial charge is 0.215 e. The zero-order chi connectivity index (χ0) is 12.4. The molecule has 0 spiro atoms. The first-order valence-corrected chi connectivity index (χ1v) is 7.96. The maximum atomic E-state index is 12.1. The number of hydrogen-bond donors (Lipinski definition) is 1. The van der Waals surface area contributed by atoms with Crippen LogP contribution in [0.2, 0.25) is 0 Å². The van der Waals surface area contributed by atoms with Crippen molar-refractivity contribution in [3.05, 3.63) is 0 Å². The van der Waals surface area contributed by atoms with Crippen molar-refractivity contribution in [1.29, 1.82) is 0 Å². The van der Waals surface area contributed by atoms with Crippen LogP contribution in [-0.4, -0.2) is 37.2 Å². The van der Waals surface area contributed by atoms with Crippen LogP contribution in [0.1, 0.15) is 33.6 Å². The normalized spacial score (nSPS) is 22.0. The van der Waals surface area contributed by atoms with E-state index in [4.69, 9.17) is 4.74 Å². The number of hydrogen-bond acceptors (Lipinski definition) is 3. The molecule has 4 nitrogen and oxygen atoms in total. The number of halogens is 1. The second-order valence-corrected chi connectivity index (χ2v) is 8.13. The van der Waals surface area contributed by atoms with Gasteiger partial charge in [0.25, 0.3) is 0 Å². The molecule has 1 aliphatic heterocycles. The van der Waals surface area contributed by atoms with Gasteiger partial charge in [0.05, 0.1) is 5.25 Å². The Bertz CT molecular complexity index is 321. The molecule has 1 saturated heterocycles. The molecule has 0 saturated carbocycles. The lowest BCUT2D eigenvalue weighted by molar-refractivity contribution is 0.0979. The maximum absolute atomic E-state index is 12.1. The van der Waals surface area contributed by atoms with Gasteiger partial charge in [-0.25, -0.2) is 13.1 Å². The lowest BCUT2D eigenvalue weighted by atomic mass is 10.0. The summed E-state index contributed by atoms with van der Waals surface area (Å²) in [5.41, 5.74) is -0.475. The van der Waals surface area contributed by atoms with Crippen LogP contribution >= 0.6 is 15.9 Å². The zero-order valence-corrected chi connectivity index (χ0v) is 12.4. The van der Waals surface area contributed by atoms with Gasteiger partial charge in [-0.15, -0.1) is 0 Å². The first kappa shape index (κ1) is 14.4. The zero-order valence-electron chi connectivity index (χ0n) is 9.99. The van der Waals surface area contributed by atoms with Crippen LogP contribution in [0.4, 0.5) is 0 Å². The van der Waals surface area contributed by atoms with Gasteiger partial charge in [0.15, 0.2) is 0 Å². The molecule has 1 atom stereocenters. The molecule has 16 heavy (non-hydrogen) atoms. The standard InChI is InChI=1S/C10H20BrNO3S/c1-8(11)10(2,3)12-16(13,14)9-4-6-15-7-5-9/h8-9,12H,4-7H2,1-3H3. The Balaban J connectivity index is 2.71. The third kappa shape index (κ3) is 3.68. The lowest BCUT2D eigenvalue weighted by Gasteiger charge is -2.32. The van der Waals surface area contributed by atoms with E-state index < -0.39 is 15.6 Å². The first-order valence-electron chi connectivity index (χ1n) is 5.50. The van der Waals surface area contributed by atoms with Crippen LogP contribution in [-0.2, 0) is 14.8 Å². The van der Waals surface area contributed by atoms with Crippen molar-refractivity contribution < 1.29 is 13.2 Å². The van der Waals surface area contributed by atoms with E-state index in [9.17, 15) is 8.42 Å². The molecule has 0 aromatic carbocycles. The van der Waals surface area contributed by atoms with Crippen LogP contribution in [0.5, 0.6) is 0 Å². The van der Waals surface area contributed by atoms with Gasteiger partial charge in [0, 0.05) is 23.6 Å². The minimum Gasteiger partial charge on any atom is -0.381 e. The molecule has 0 amide bonds. The molecule has 1 heterocycles. The van der Waals surface area contributed by atoms with E-state index in [1.165, 1.54) is 0 Å². The van der Waals surface area contributed by atoms with Gasteiger partial charge in [-0.1, -0.05) is 22.9 Å². The monoisotopic (exact) mass is 313 g/mol. The van der Waals surface area contributed by atoms with E-state index >= 15 is 0 Å². The quantitative estimate of drug-likeness (QED) is 0.803. The molecular formula is C10H20BrNO3S. The van der Waals surface area contributed by atoms with Crippen molar-refractivity contribution in [2.45, 2.75) is 49.2 Å². The summed E-state index contributed by atoms with van der Waals surface area (Å²) in [6, 6.07) is 0. The summed E-state index contributed by atoms with van der Waals surface area (Å²) < 4.78 is 32.2. The molecule has 1 fully saturated rings. The minimum atomic E-state index is -3.25. The predicted octanol–water partition coefficient (Wildman–Crippen LogP) is 1.65. The van der Waals surface area contributed by atoms with Crippen LogP contribution in [0.15, 0.2) is 0 Å². The van der Waals surface area contributed by atoms with E-state index in [1.54, 1.807) is 0 Å². The molecule has 6 heteroatoms. The van der Waals surface area contributed by atoms with Crippen molar-refractivity contribution in [1.82, 2.24) is 4.72 Å². The second-order valence-electron chi connectivity index (χ2n) is 4.80. The van der Waals surface area contributed by atoms with E-state index in [0.717, 1.165) is 0 Å². The van der Waals surface area contributed by atoms with Crippen molar-refractivity contribution >= 4 is 26.0 Å². The van der Waals surface area contributed by atoms with Gasteiger partial charge in [0.2, 0.25) is 10.0 Å². The number of ether oxygens (including phenoxy) is 1. The van der Waals surface area contributed by atoms with Crippen molar-refractivity contribution in [3.63, 3.8) is 0 Å². The summed E-state index contributed by atoms with van der Waals surface area (Å²) in [6.07, 6.45) is 1.17. The molecule has 0 aromatic rings. The maximum Gasteiger partial charge on any atom is 0.215 e. The van der Waals surface area contributed by atoms with Gasteiger partial charge in [-0.2, -0.15) is 0 Å². The number of rotatable bonds is 4. The van der Waals surface area contributed by atoms with Gasteiger partial charge in [-0.05, 0) is 26.7 Å². The largest absolute Gasteiger partial charge is 0.381 e. The fraction of sp³-hybridized carbons (Fsp3) is 1.00. The highest BCUT2D eigenvalue weighted by atomic mass is 79.9. The summed E-state index contributed by atoms with van der Waals surface area (Å²) in [5, 5.41) is -0.313. The molecule has 0 radical (unpaired) electrons. The number of alkyl halides is 1. The predicted molar refractivity (Wildman–Crippen MR) is 68.4 cm³/mol. The first-order chi connectivity index (χ1) is 7.26. The van der Waals surface area contributed by atoms with E-state index in [2.05, 4.69) is 20.7 Å². The highest BCUT2D eigenvalue weighted by Crippen LogP contribution is 2.22. The van der Waals surface area contributed by atoms with E-state index in [0.29, 0.717) is 26.1 Å². The van der Waals surface area contributed by atoms with Gasteiger partial charge < -0.3 is 4.74 Å². The highest BCUT2D eigenvalue weighted by Gasteiger charge is 2.34. The number of nitrogens with one attached hydrogen (secondary N) is 1. The molecule has 0 aliphatic carbocycles. The van der Waals surface area contributed by atoms with Crippen molar-refractivity contribution in [3.8, 4) is 0 Å². The molecule has 96 valence electrons. The van der Waals surface area contributed by atoms with Crippen LogP contribution in [0.3, 0.4) is 0 Å². The Morgan fingerprint density at radius 1 is 1.38 bits per heavy atom. The topological polar surface area (TPSA) is 55.4 Å². The van der Waals surface area contributed by atoms with Gasteiger partial charge >= 0.3 is 0 Å². The third-order valence-electron chi connectivity index (χ3n) is 3.01.